The van der Waals surface area contributed by atoms with E-state index >= 15 is 0 Å². The molecule has 2 unspecified atom stereocenters. The Balaban J connectivity index is 1.70. The number of halogens is 4. The van der Waals surface area contributed by atoms with Crippen molar-refractivity contribution in [2.75, 3.05) is 31.6 Å². The predicted molar refractivity (Wildman–Crippen MR) is 139 cm³/mol. The van der Waals surface area contributed by atoms with E-state index in [1.165, 1.54) is 18.2 Å². The number of guanidine groups is 1. The number of carbonyl (C=O) groups is 3. The van der Waals surface area contributed by atoms with E-state index in [2.05, 4.69) is 26.3 Å². The summed E-state index contributed by atoms with van der Waals surface area (Å²) in [5.74, 6) is -2.26. The molecule has 1 aliphatic heterocycles. The monoisotopic (exact) mass is 585 g/mol. The molecule has 0 fully saturated rings. The molecule has 11 nitrogen and oxygen atoms in total. The Labute approximate surface area is 231 Å². The Kier molecular flexibility index (Phi) is 10.2. The van der Waals surface area contributed by atoms with Gasteiger partial charge in [0.15, 0.2) is 5.96 Å². The Morgan fingerprint density at radius 1 is 1.20 bits per heavy atom. The highest BCUT2D eigenvalue weighted by Gasteiger charge is 2.32. The van der Waals surface area contributed by atoms with Crippen LogP contribution in [-0.4, -0.2) is 66.3 Å². The maximum absolute atomic E-state index is 13.3. The summed E-state index contributed by atoms with van der Waals surface area (Å²) in [5.41, 5.74) is -0.860. The largest absolute Gasteiger partial charge is 0.508 e. The van der Waals surface area contributed by atoms with E-state index in [1.807, 2.05) is 0 Å². The molecule has 0 radical (unpaired) electrons. The molecule has 0 aliphatic carbocycles. The Morgan fingerprint density at radius 2 is 1.95 bits per heavy atom. The van der Waals surface area contributed by atoms with E-state index in [4.69, 9.17) is 16.3 Å². The maximum Gasteiger partial charge on any atom is 0.416 e. The van der Waals surface area contributed by atoms with Gasteiger partial charge in [-0.2, -0.15) is 13.2 Å². The van der Waals surface area contributed by atoms with Crippen LogP contribution in [0.15, 0.2) is 41.4 Å². The van der Waals surface area contributed by atoms with Gasteiger partial charge >= 0.3 is 12.1 Å². The van der Waals surface area contributed by atoms with Crippen molar-refractivity contribution < 1.29 is 42.5 Å². The molecular weight excluding hydrogens is 559 g/mol. The lowest BCUT2D eigenvalue weighted by molar-refractivity contribution is -0.143. The van der Waals surface area contributed by atoms with Crippen LogP contribution in [0.5, 0.6) is 5.75 Å². The average Bonchev–Trinajstić information content (AvgIpc) is 2.87. The zero-order valence-corrected chi connectivity index (χ0v) is 21.9. The second-order valence-corrected chi connectivity index (χ2v) is 9.14. The minimum atomic E-state index is -4.72. The number of ether oxygens (including phenoxy) is 1. The number of aliphatic imine (C=N–C) groups is 1. The van der Waals surface area contributed by atoms with Crippen LogP contribution in [-0.2, 0) is 20.5 Å². The number of hydrogen-bond acceptors (Lipinski definition) is 9. The quantitative estimate of drug-likeness (QED) is 0.244. The number of nitrogens with zero attached hydrogens (tertiary/aromatic N) is 1. The van der Waals surface area contributed by atoms with Crippen molar-refractivity contribution in [2.24, 2.45) is 4.99 Å². The number of alkyl halides is 3. The topological polar surface area (TPSA) is 161 Å². The zero-order chi connectivity index (χ0) is 29.4. The fourth-order valence-electron chi connectivity index (χ4n) is 3.69. The highest BCUT2D eigenvalue weighted by molar-refractivity contribution is 6.30. The molecule has 0 saturated heterocycles. The third kappa shape index (κ3) is 9.02. The summed E-state index contributed by atoms with van der Waals surface area (Å²) in [5, 5.41) is 29.8. The van der Waals surface area contributed by atoms with Crippen LogP contribution in [0.2, 0.25) is 5.02 Å². The molecule has 6 N–H and O–H groups in total. The normalized spacial score (nSPS) is 15.8. The SMILES string of the molecule is CCOC(=O)CC(NC(=O)CNC(=O)c1cc(O)cc(NC2=NCC(O)CN2)c1)c1cc(Cl)cc(C(F)(F)F)c1. The number of aromatic hydroxyl groups is 1. The molecule has 3 rings (SSSR count). The number of phenols is 1. The average molecular weight is 586 g/mol. The van der Waals surface area contributed by atoms with Gasteiger partial charge in [-0.05, 0) is 42.8 Å². The Morgan fingerprint density at radius 3 is 2.60 bits per heavy atom. The van der Waals surface area contributed by atoms with E-state index in [0.29, 0.717) is 17.7 Å². The van der Waals surface area contributed by atoms with E-state index in [-0.39, 0.29) is 41.6 Å². The van der Waals surface area contributed by atoms with E-state index in [1.54, 1.807) is 6.92 Å². The van der Waals surface area contributed by atoms with Crippen molar-refractivity contribution in [3.05, 3.63) is 58.1 Å². The number of nitrogens with one attached hydrogen (secondary N) is 4. The van der Waals surface area contributed by atoms with Gasteiger partial charge in [-0.15, -0.1) is 0 Å². The lowest BCUT2D eigenvalue weighted by Crippen LogP contribution is -2.42. The summed E-state index contributed by atoms with van der Waals surface area (Å²) < 4.78 is 44.8. The van der Waals surface area contributed by atoms with Crippen LogP contribution in [0.3, 0.4) is 0 Å². The fourth-order valence-corrected chi connectivity index (χ4v) is 3.93. The van der Waals surface area contributed by atoms with Gasteiger partial charge in [0.2, 0.25) is 5.91 Å². The molecule has 0 aromatic heterocycles. The smallest absolute Gasteiger partial charge is 0.416 e. The van der Waals surface area contributed by atoms with Crippen molar-refractivity contribution >= 4 is 41.0 Å². The van der Waals surface area contributed by atoms with Crippen molar-refractivity contribution in [1.82, 2.24) is 16.0 Å². The minimum absolute atomic E-state index is 0.0144. The van der Waals surface area contributed by atoms with Crippen LogP contribution >= 0.6 is 11.6 Å². The van der Waals surface area contributed by atoms with Crippen LogP contribution in [0.1, 0.15) is 40.9 Å². The molecule has 40 heavy (non-hydrogen) atoms. The van der Waals surface area contributed by atoms with Gasteiger partial charge in [-0.3, -0.25) is 19.4 Å². The number of β-amino-alcohol motifs (C(OH)–C–C–N with tert-alkyl or cyclic N) is 1. The summed E-state index contributed by atoms with van der Waals surface area (Å²) >= 11 is 5.86. The highest BCUT2D eigenvalue weighted by atomic mass is 35.5. The molecule has 1 heterocycles. The first kappa shape index (κ1) is 30.5. The third-order valence-electron chi connectivity index (χ3n) is 5.48. The summed E-state index contributed by atoms with van der Waals surface area (Å²) in [6, 6.07) is 5.31. The van der Waals surface area contributed by atoms with Gasteiger partial charge < -0.3 is 36.2 Å². The van der Waals surface area contributed by atoms with Crippen molar-refractivity contribution in [3.63, 3.8) is 0 Å². The molecule has 2 amide bonds. The van der Waals surface area contributed by atoms with Gasteiger partial charge in [0.05, 0.1) is 43.8 Å². The van der Waals surface area contributed by atoms with Gasteiger partial charge in [0, 0.05) is 28.9 Å². The van der Waals surface area contributed by atoms with Crippen LogP contribution < -0.4 is 21.3 Å². The summed E-state index contributed by atoms with van der Waals surface area (Å²) in [6.07, 6.45) is -5.84. The summed E-state index contributed by atoms with van der Waals surface area (Å²) in [6.45, 7) is 1.39. The first-order valence-corrected chi connectivity index (χ1v) is 12.4. The second kappa shape index (κ2) is 13.3. The number of phenolic OH excluding ortho intramolecular Hbond substituents is 1. The van der Waals surface area contributed by atoms with E-state index in [0.717, 1.165) is 12.1 Å². The number of aliphatic hydroxyl groups excluding tert-OH is 1. The molecule has 1 aliphatic rings. The third-order valence-corrected chi connectivity index (χ3v) is 5.70. The van der Waals surface area contributed by atoms with Crippen LogP contribution in [0.4, 0.5) is 18.9 Å². The Bertz CT molecular complexity index is 1290. The van der Waals surface area contributed by atoms with Gasteiger partial charge in [0.1, 0.15) is 5.75 Å². The number of esters is 1. The first-order chi connectivity index (χ1) is 18.8. The van der Waals surface area contributed by atoms with Gasteiger partial charge in [-0.25, -0.2) is 0 Å². The van der Waals surface area contributed by atoms with Crippen molar-refractivity contribution in [3.8, 4) is 5.75 Å². The number of benzene rings is 2. The molecule has 0 saturated carbocycles. The summed E-state index contributed by atoms with van der Waals surface area (Å²) in [4.78, 5) is 41.5. The molecule has 2 aromatic carbocycles. The number of carbonyl (C=O) groups excluding carboxylic acids is 3. The highest BCUT2D eigenvalue weighted by Crippen LogP contribution is 2.34. The van der Waals surface area contributed by atoms with Crippen molar-refractivity contribution in [1.29, 1.82) is 0 Å². The minimum Gasteiger partial charge on any atom is -0.508 e. The maximum atomic E-state index is 13.3. The van der Waals surface area contributed by atoms with Crippen molar-refractivity contribution in [2.45, 2.75) is 31.7 Å². The van der Waals surface area contributed by atoms with Crippen LogP contribution in [0, 0.1) is 0 Å². The van der Waals surface area contributed by atoms with Gasteiger partial charge in [-0.1, -0.05) is 11.6 Å². The fraction of sp³-hybridized carbons (Fsp3) is 0.360. The molecule has 15 heteroatoms. The van der Waals surface area contributed by atoms with Gasteiger partial charge in [0.25, 0.3) is 5.91 Å². The number of aliphatic hydroxyl groups is 1. The molecule has 0 spiro atoms. The van der Waals surface area contributed by atoms with E-state index in [9.17, 15) is 37.8 Å². The Hall–Kier alpha value is -4.04. The first-order valence-electron chi connectivity index (χ1n) is 12.0. The molecule has 2 atom stereocenters. The number of anilines is 1. The molecular formula is C25H27ClF3N5O6. The van der Waals surface area contributed by atoms with E-state index < -0.39 is 54.6 Å². The predicted octanol–water partition coefficient (Wildman–Crippen LogP) is 2.34. The molecule has 216 valence electrons. The second-order valence-electron chi connectivity index (χ2n) is 8.70. The number of amides is 2. The zero-order valence-electron chi connectivity index (χ0n) is 21.1. The molecule has 0 bridgehead atoms. The standard InChI is InChI=1S/C25H27ClF3N5O6/c1-2-40-22(38)9-20(13-3-15(25(27,28)29)7-16(26)4-13)34-21(37)12-30-23(39)14-5-17(8-18(35)6-14)33-24-31-10-19(36)11-32-24/h3-8,19-20,35-36H,2,9-12H2,1H3,(H,30,39)(H,34,37)(H2,31,32,33). The number of rotatable bonds is 9. The summed E-state index contributed by atoms with van der Waals surface area (Å²) in [7, 11) is 0. The lowest BCUT2D eigenvalue weighted by atomic mass is 10.0. The molecule has 2 aromatic rings. The lowest BCUT2D eigenvalue weighted by Gasteiger charge is -2.21. The number of hydrogen-bond donors (Lipinski definition) is 6. The van der Waals surface area contributed by atoms with Crippen LogP contribution in [0.25, 0.3) is 0 Å².